The van der Waals surface area contributed by atoms with Gasteiger partial charge in [-0.3, -0.25) is 15.0 Å². The average molecular weight is 562 g/mol. The summed E-state index contributed by atoms with van der Waals surface area (Å²) in [6.07, 6.45) is 1.03. The van der Waals surface area contributed by atoms with Crippen LogP contribution in [0.2, 0.25) is 10.0 Å². The molecule has 0 aliphatic carbocycles. The van der Waals surface area contributed by atoms with Crippen molar-refractivity contribution >= 4 is 40.2 Å². The van der Waals surface area contributed by atoms with Crippen LogP contribution in [-0.4, -0.2) is 26.8 Å². The quantitative estimate of drug-likeness (QED) is 0.257. The number of ether oxygens (including phenoxy) is 1. The minimum absolute atomic E-state index is 0.287. The summed E-state index contributed by atoms with van der Waals surface area (Å²) in [5, 5.41) is 4.28. The Hall–Kier alpha value is -2.38. The molecule has 1 aromatic heterocycles. The molecule has 3 aromatic rings. The van der Waals surface area contributed by atoms with E-state index in [9.17, 15) is 4.79 Å². The van der Waals surface area contributed by atoms with E-state index in [1.54, 1.807) is 11.1 Å². The second-order valence-corrected chi connectivity index (χ2v) is 11.7. The van der Waals surface area contributed by atoms with E-state index in [0.29, 0.717) is 33.9 Å². The number of rotatable bonds is 5. The zero-order chi connectivity index (χ0) is 27.2. The van der Waals surface area contributed by atoms with Crippen molar-refractivity contribution in [3.05, 3.63) is 87.3 Å². The molecule has 2 heterocycles. The molecule has 0 saturated carbocycles. The van der Waals surface area contributed by atoms with Gasteiger partial charge in [-0.1, -0.05) is 68.2 Å². The zero-order valence-electron chi connectivity index (χ0n) is 21.8. The van der Waals surface area contributed by atoms with E-state index in [4.69, 9.17) is 44.5 Å². The molecule has 196 valence electrons. The first kappa shape index (κ1) is 27.6. The van der Waals surface area contributed by atoms with Gasteiger partial charge in [-0.25, -0.2) is 4.98 Å². The van der Waals surface area contributed by atoms with E-state index in [2.05, 4.69) is 10.3 Å². The first-order valence-corrected chi connectivity index (χ1v) is 13.2. The van der Waals surface area contributed by atoms with Gasteiger partial charge in [0.05, 0.1) is 23.2 Å². The Morgan fingerprint density at radius 3 is 2.05 bits per heavy atom. The lowest BCUT2D eigenvalue weighted by molar-refractivity contribution is 0.117. The van der Waals surface area contributed by atoms with Crippen LogP contribution in [0.15, 0.2) is 54.7 Å². The van der Waals surface area contributed by atoms with Crippen LogP contribution in [0.5, 0.6) is 5.88 Å². The average Bonchev–Trinajstić information content (AvgIpc) is 3.08. The molecule has 1 amide bonds. The maximum Gasteiger partial charge on any atom is 0.318 e. The third-order valence-corrected chi connectivity index (χ3v) is 7.87. The van der Waals surface area contributed by atoms with Gasteiger partial charge in [0.15, 0.2) is 0 Å². The third-order valence-electron chi connectivity index (χ3n) is 7.18. The molecule has 1 unspecified atom stereocenters. The summed E-state index contributed by atoms with van der Waals surface area (Å²) in [5.41, 5.74) is 0.328. The normalized spacial score (nSPS) is 23.8. The highest BCUT2D eigenvalue weighted by Crippen LogP contribution is 2.55. The van der Waals surface area contributed by atoms with Gasteiger partial charge >= 0.3 is 5.37 Å². The van der Waals surface area contributed by atoms with Crippen LogP contribution in [-0.2, 0) is 16.5 Å². The number of hydrogen-bond acceptors (Lipinski definition) is 5. The molecule has 0 bridgehead atoms. The van der Waals surface area contributed by atoms with Crippen LogP contribution in [0.25, 0.3) is 0 Å². The minimum atomic E-state index is -0.957. The van der Waals surface area contributed by atoms with Crippen LogP contribution in [0.1, 0.15) is 70.2 Å². The van der Waals surface area contributed by atoms with Gasteiger partial charge < -0.3 is 4.74 Å². The van der Waals surface area contributed by atoms with E-state index in [-0.39, 0.29) is 5.41 Å². The Labute approximate surface area is 233 Å². The number of carbonyl (C=O) groups is 1. The van der Waals surface area contributed by atoms with Crippen molar-refractivity contribution in [3.8, 4) is 5.88 Å². The highest BCUT2D eigenvalue weighted by Gasteiger charge is 2.61. The Balaban J connectivity index is 1.98. The topological polar surface area (TPSA) is 67.4 Å². The first-order chi connectivity index (χ1) is 17.3. The van der Waals surface area contributed by atoms with Gasteiger partial charge in [-0.05, 0) is 67.8 Å². The Morgan fingerprint density at radius 1 is 1.03 bits per heavy atom. The molecule has 37 heavy (non-hydrogen) atoms. The first-order valence-electron chi connectivity index (χ1n) is 12.1. The number of hydrogen-bond donors (Lipinski definition) is 1. The Bertz CT molecular complexity index is 1290. The molecule has 0 radical (unpaired) electrons. The highest BCUT2D eigenvalue weighted by molar-refractivity contribution is 6.63. The third kappa shape index (κ3) is 4.81. The highest BCUT2D eigenvalue weighted by atomic mass is 35.5. The van der Waals surface area contributed by atoms with Crippen molar-refractivity contribution in [2.45, 2.75) is 64.2 Å². The predicted molar refractivity (Wildman–Crippen MR) is 148 cm³/mol. The van der Waals surface area contributed by atoms with Gasteiger partial charge in [0.25, 0.3) is 0 Å². The summed E-state index contributed by atoms with van der Waals surface area (Å²) < 4.78 is 5.99. The molecule has 1 fully saturated rings. The fourth-order valence-electron chi connectivity index (χ4n) is 5.00. The van der Waals surface area contributed by atoms with Crippen LogP contribution < -0.4 is 10.1 Å². The van der Waals surface area contributed by atoms with Crippen LogP contribution >= 0.6 is 34.8 Å². The second kappa shape index (κ2) is 10.1. The molecule has 1 N–H and O–H groups in total. The van der Waals surface area contributed by atoms with E-state index < -0.39 is 22.6 Å². The van der Waals surface area contributed by atoms with Crippen LogP contribution in [0.3, 0.4) is 0 Å². The lowest BCUT2D eigenvalue weighted by atomic mass is 9.71. The molecule has 9 heteroatoms. The van der Waals surface area contributed by atoms with Crippen molar-refractivity contribution in [2.24, 2.45) is 0 Å². The van der Waals surface area contributed by atoms with Gasteiger partial charge in [0.1, 0.15) is 12.0 Å². The number of nitrogens with one attached hydrogen (secondary N) is 1. The summed E-state index contributed by atoms with van der Waals surface area (Å²) >= 11 is 18.8. The molecular weight excluding hydrogens is 531 g/mol. The molecule has 3 atom stereocenters. The Morgan fingerprint density at radius 2 is 1.57 bits per heavy atom. The Kier molecular flexibility index (Phi) is 7.52. The lowest BCUT2D eigenvalue weighted by Gasteiger charge is -2.45. The number of amides is 1. The predicted octanol–water partition coefficient (Wildman–Crippen LogP) is 7.57. The fraction of sp³-hybridized carbons (Fsp3) is 0.393. The van der Waals surface area contributed by atoms with Gasteiger partial charge in [0, 0.05) is 21.7 Å². The number of benzene rings is 2. The van der Waals surface area contributed by atoms with Crippen molar-refractivity contribution < 1.29 is 9.53 Å². The van der Waals surface area contributed by atoms with E-state index in [1.165, 1.54) is 0 Å². The zero-order valence-corrected chi connectivity index (χ0v) is 24.0. The smallest absolute Gasteiger partial charge is 0.318 e. The van der Waals surface area contributed by atoms with Crippen LogP contribution in [0.4, 0.5) is 4.79 Å². The van der Waals surface area contributed by atoms with Crippen molar-refractivity contribution in [3.63, 3.8) is 0 Å². The maximum atomic E-state index is 13.3. The minimum Gasteiger partial charge on any atom is -0.478 e. The van der Waals surface area contributed by atoms with Crippen molar-refractivity contribution in [2.75, 3.05) is 6.61 Å². The summed E-state index contributed by atoms with van der Waals surface area (Å²) in [6, 6.07) is 15.0. The number of halogens is 3. The number of aromatic nitrogens is 2. The van der Waals surface area contributed by atoms with Gasteiger partial charge in [-0.15, -0.1) is 0 Å². The molecule has 1 saturated heterocycles. The molecule has 4 rings (SSSR count). The lowest BCUT2D eigenvalue weighted by Crippen LogP contribution is -2.53. The summed E-state index contributed by atoms with van der Waals surface area (Å²) in [7, 11) is 0. The molecule has 0 spiro atoms. The van der Waals surface area contributed by atoms with E-state index >= 15 is 0 Å². The number of carbonyl (C=O) groups excluding carboxylic acids is 1. The molecular formula is C28H31Cl3N4O2. The second-order valence-electron chi connectivity index (χ2n) is 10.5. The van der Waals surface area contributed by atoms with E-state index in [1.807, 2.05) is 90.1 Å². The molecule has 1 aliphatic heterocycles. The monoisotopic (exact) mass is 560 g/mol. The van der Waals surface area contributed by atoms with Crippen molar-refractivity contribution in [1.29, 1.82) is 0 Å². The number of nitrogens with zero attached hydrogens (tertiary/aromatic N) is 3. The van der Waals surface area contributed by atoms with Gasteiger partial charge in [-0.2, -0.15) is 4.98 Å². The summed E-state index contributed by atoms with van der Waals surface area (Å²) in [5.74, 6) is 1.05. The van der Waals surface area contributed by atoms with Crippen molar-refractivity contribution in [1.82, 2.24) is 20.2 Å². The fourth-order valence-corrected chi connectivity index (χ4v) is 5.52. The molecule has 1 aliphatic rings. The summed E-state index contributed by atoms with van der Waals surface area (Å²) in [4.78, 5) is 24.3. The van der Waals surface area contributed by atoms with E-state index in [0.717, 1.165) is 11.1 Å². The van der Waals surface area contributed by atoms with Crippen LogP contribution in [0, 0.1) is 0 Å². The van der Waals surface area contributed by atoms with Gasteiger partial charge in [0.2, 0.25) is 5.88 Å². The largest absolute Gasteiger partial charge is 0.478 e. The molecule has 2 aromatic carbocycles. The SMILES string of the molecule is CCOc1nc(C(C)(C)C)ncc1C1N[C@@](C)(c2ccc(Cl)cc2)[C@@](C)(c2ccc(Cl)cc2)N1C(=O)Cl. The summed E-state index contributed by atoms with van der Waals surface area (Å²) in [6.45, 7) is 12.4. The molecule has 6 nitrogen and oxygen atoms in total. The standard InChI is InChI=1S/C28H31Cl3N4O2/c1-7-37-23-21(16-32-24(33-23)26(2,3)4)22-34-27(5,17-8-12-19(29)13-9-17)28(6,35(22)25(31)36)18-10-14-20(30)15-11-18/h8-16,22,34H,7H2,1-6H3/t22?,27-,28+/m0/s1. The maximum absolute atomic E-state index is 13.3.